The molecule has 2 aliphatic rings. The molecule has 2 aliphatic heterocycles. The number of carbonyl (C=O) groups excluding carboxylic acids is 2. The lowest BCUT2D eigenvalue weighted by Crippen LogP contribution is -2.51. The Kier molecular flexibility index (Phi) is 4.50. The van der Waals surface area contributed by atoms with Gasteiger partial charge in [-0.05, 0) is 6.07 Å². The Balaban J connectivity index is 1.51. The number of hydrogen-bond acceptors (Lipinski definition) is 6. The first-order valence-corrected chi connectivity index (χ1v) is 7.62. The molecule has 2 amide bonds. The Bertz CT molecular complexity index is 569. The Labute approximate surface area is 134 Å². The van der Waals surface area contributed by atoms with Gasteiger partial charge in [-0.25, -0.2) is 9.78 Å². The summed E-state index contributed by atoms with van der Waals surface area (Å²) in [6.07, 6.45) is 1.37. The molecule has 0 spiro atoms. The minimum absolute atomic E-state index is 0.0312. The van der Waals surface area contributed by atoms with Crippen molar-refractivity contribution in [2.45, 2.75) is 0 Å². The van der Waals surface area contributed by atoms with E-state index >= 15 is 0 Å². The predicted octanol–water partition coefficient (Wildman–Crippen LogP) is 0.191. The van der Waals surface area contributed by atoms with Crippen molar-refractivity contribution >= 4 is 17.7 Å². The summed E-state index contributed by atoms with van der Waals surface area (Å²) in [7, 11) is 1.59. The first-order valence-electron chi connectivity index (χ1n) is 7.62. The van der Waals surface area contributed by atoms with Crippen LogP contribution < -0.4 is 9.64 Å². The van der Waals surface area contributed by atoms with Crippen molar-refractivity contribution in [1.29, 1.82) is 0 Å². The van der Waals surface area contributed by atoms with Crippen LogP contribution in [0.4, 0.5) is 10.5 Å². The largest absolute Gasteiger partial charge is 0.481 e. The van der Waals surface area contributed by atoms with Crippen molar-refractivity contribution in [2.75, 3.05) is 57.9 Å². The third-order valence-corrected chi connectivity index (χ3v) is 4.10. The molecule has 0 atom stereocenters. The number of cyclic esters (lactones) is 1. The molecule has 3 rings (SSSR count). The summed E-state index contributed by atoms with van der Waals surface area (Å²) in [5.41, 5.74) is 1.01. The maximum atomic E-state index is 12.3. The fourth-order valence-electron chi connectivity index (χ4n) is 2.73. The van der Waals surface area contributed by atoms with Gasteiger partial charge in [0.1, 0.15) is 13.2 Å². The van der Waals surface area contributed by atoms with Crippen LogP contribution in [0.5, 0.6) is 5.88 Å². The van der Waals surface area contributed by atoms with Crippen LogP contribution >= 0.6 is 0 Å². The molecule has 0 bridgehead atoms. The van der Waals surface area contributed by atoms with E-state index < -0.39 is 6.09 Å². The summed E-state index contributed by atoms with van der Waals surface area (Å²) in [4.78, 5) is 33.3. The number of carbonyl (C=O) groups is 2. The van der Waals surface area contributed by atoms with Crippen LogP contribution in [0.15, 0.2) is 18.3 Å². The first-order chi connectivity index (χ1) is 11.2. The van der Waals surface area contributed by atoms with E-state index in [1.165, 1.54) is 4.90 Å². The quantitative estimate of drug-likeness (QED) is 0.788. The maximum absolute atomic E-state index is 12.3. The third-order valence-electron chi connectivity index (χ3n) is 4.10. The van der Waals surface area contributed by atoms with Crippen LogP contribution in [0.2, 0.25) is 0 Å². The number of ether oxygens (including phenoxy) is 2. The number of anilines is 1. The highest BCUT2D eigenvalue weighted by Crippen LogP contribution is 2.18. The lowest BCUT2D eigenvalue weighted by Gasteiger charge is -2.36. The molecule has 8 heteroatoms. The van der Waals surface area contributed by atoms with Gasteiger partial charge in [-0.3, -0.25) is 9.69 Å². The van der Waals surface area contributed by atoms with Crippen molar-refractivity contribution in [3.8, 4) is 5.88 Å². The van der Waals surface area contributed by atoms with Gasteiger partial charge in [0.25, 0.3) is 0 Å². The molecule has 0 aliphatic carbocycles. The summed E-state index contributed by atoms with van der Waals surface area (Å²) in [6, 6.07) is 3.79. The molecule has 3 heterocycles. The van der Waals surface area contributed by atoms with Crippen LogP contribution in [0.25, 0.3) is 0 Å². The topological polar surface area (TPSA) is 75.2 Å². The second-order valence-electron chi connectivity index (χ2n) is 5.46. The second-order valence-corrected chi connectivity index (χ2v) is 5.46. The smallest absolute Gasteiger partial charge is 0.410 e. The van der Waals surface area contributed by atoms with E-state index in [0.29, 0.717) is 32.1 Å². The molecular weight excluding hydrogens is 300 g/mol. The number of rotatable bonds is 4. The molecule has 0 aromatic carbocycles. The van der Waals surface area contributed by atoms with Gasteiger partial charge in [-0.2, -0.15) is 0 Å². The van der Waals surface area contributed by atoms with Crippen molar-refractivity contribution < 1.29 is 19.1 Å². The van der Waals surface area contributed by atoms with Gasteiger partial charge in [-0.15, -0.1) is 0 Å². The summed E-state index contributed by atoms with van der Waals surface area (Å²) in [5, 5.41) is 0. The van der Waals surface area contributed by atoms with E-state index in [-0.39, 0.29) is 12.5 Å². The van der Waals surface area contributed by atoms with Crippen molar-refractivity contribution in [3.63, 3.8) is 0 Å². The molecule has 2 saturated heterocycles. The van der Waals surface area contributed by atoms with Crippen molar-refractivity contribution in [2.24, 2.45) is 0 Å². The van der Waals surface area contributed by atoms with E-state index in [1.807, 2.05) is 12.1 Å². The zero-order valence-corrected chi connectivity index (χ0v) is 13.1. The Morgan fingerprint density at radius 3 is 2.61 bits per heavy atom. The van der Waals surface area contributed by atoms with Crippen molar-refractivity contribution in [3.05, 3.63) is 18.3 Å². The van der Waals surface area contributed by atoms with Crippen LogP contribution in [0.3, 0.4) is 0 Å². The summed E-state index contributed by atoms with van der Waals surface area (Å²) in [5.74, 6) is 0.552. The van der Waals surface area contributed by atoms with Crippen molar-refractivity contribution in [1.82, 2.24) is 14.8 Å². The predicted molar refractivity (Wildman–Crippen MR) is 82.5 cm³/mol. The lowest BCUT2D eigenvalue weighted by molar-refractivity contribution is -0.132. The second kappa shape index (κ2) is 6.72. The van der Waals surface area contributed by atoms with Gasteiger partial charge in [0.15, 0.2) is 0 Å². The molecule has 1 aromatic heterocycles. The molecule has 0 radical (unpaired) electrons. The van der Waals surface area contributed by atoms with Crippen LogP contribution in [0.1, 0.15) is 0 Å². The number of aromatic nitrogens is 1. The molecule has 23 heavy (non-hydrogen) atoms. The number of pyridine rings is 1. The summed E-state index contributed by atoms with van der Waals surface area (Å²) < 4.78 is 9.89. The molecule has 0 unspecified atom stereocenters. The number of hydrogen-bond donors (Lipinski definition) is 0. The fraction of sp³-hybridized carbons (Fsp3) is 0.533. The van der Waals surface area contributed by atoms with E-state index in [2.05, 4.69) is 9.88 Å². The van der Waals surface area contributed by atoms with Gasteiger partial charge < -0.3 is 19.3 Å². The number of piperazine rings is 1. The molecular formula is C15H20N4O4. The molecule has 8 nitrogen and oxygen atoms in total. The highest BCUT2D eigenvalue weighted by molar-refractivity contribution is 5.83. The fourth-order valence-corrected chi connectivity index (χ4v) is 2.73. The van der Waals surface area contributed by atoms with Gasteiger partial charge in [0.2, 0.25) is 11.8 Å². The zero-order chi connectivity index (χ0) is 16.2. The lowest BCUT2D eigenvalue weighted by atomic mass is 10.2. The highest BCUT2D eigenvalue weighted by Gasteiger charge is 2.28. The van der Waals surface area contributed by atoms with Gasteiger partial charge in [0.05, 0.1) is 25.5 Å². The molecule has 0 N–H and O–H groups in total. The van der Waals surface area contributed by atoms with E-state index in [1.54, 1.807) is 18.2 Å². The number of methoxy groups -OCH3 is 1. The third kappa shape index (κ3) is 3.46. The van der Waals surface area contributed by atoms with Gasteiger partial charge >= 0.3 is 6.09 Å². The minimum atomic E-state index is -0.402. The Morgan fingerprint density at radius 2 is 2.04 bits per heavy atom. The van der Waals surface area contributed by atoms with Gasteiger partial charge in [0, 0.05) is 32.2 Å². The van der Waals surface area contributed by atoms with Crippen LogP contribution in [-0.4, -0.2) is 79.8 Å². The Morgan fingerprint density at radius 1 is 1.26 bits per heavy atom. The SMILES string of the molecule is COc1ccc(N2CCN(C(=O)CN3CCOC3=O)CC2)cn1. The average molecular weight is 320 g/mol. The van der Waals surface area contributed by atoms with Crippen LogP contribution in [0, 0.1) is 0 Å². The molecule has 1 aromatic rings. The highest BCUT2D eigenvalue weighted by atomic mass is 16.6. The Hall–Kier alpha value is -2.51. The minimum Gasteiger partial charge on any atom is -0.481 e. The normalized spacial score (nSPS) is 18.1. The molecule has 2 fully saturated rings. The number of amides is 2. The first kappa shape index (κ1) is 15.4. The standard InChI is InChI=1S/C15H20N4O4/c1-22-13-3-2-12(10-16-13)17-4-6-18(7-5-17)14(20)11-19-8-9-23-15(19)21/h2-3,10H,4-9,11H2,1H3. The van der Waals surface area contributed by atoms with Crippen LogP contribution in [-0.2, 0) is 9.53 Å². The van der Waals surface area contributed by atoms with E-state index in [9.17, 15) is 9.59 Å². The summed E-state index contributed by atoms with van der Waals surface area (Å²) in [6.45, 7) is 3.70. The molecule has 124 valence electrons. The molecule has 0 saturated carbocycles. The number of nitrogens with zero attached hydrogens (tertiary/aromatic N) is 4. The van der Waals surface area contributed by atoms with Gasteiger partial charge in [-0.1, -0.05) is 0 Å². The monoisotopic (exact) mass is 320 g/mol. The summed E-state index contributed by atoms with van der Waals surface area (Å²) >= 11 is 0. The van der Waals surface area contributed by atoms with E-state index in [0.717, 1.165) is 18.8 Å². The van der Waals surface area contributed by atoms with E-state index in [4.69, 9.17) is 9.47 Å². The zero-order valence-electron chi connectivity index (χ0n) is 13.1. The maximum Gasteiger partial charge on any atom is 0.410 e. The average Bonchev–Trinajstić information content (AvgIpc) is 3.00.